The zero-order valence-corrected chi connectivity index (χ0v) is 8.22. The molecule has 0 amide bonds. The summed E-state index contributed by atoms with van der Waals surface area (Å²) >= 11 is 0. The van der Waals surface area contributed by atoms with Gasteiger partial charge in [-0.1, -0.05) is 0 Å². The van der Waals surface area contributed by atoms with Crippen LogP contribution in [0.2, 0.25) is 0 Å². The molecule has 0 spiro atoms. The van der Waals surface area contributed by atoms with Gasteiger partial charge in [0.1, 0.15) is 0 Å². The second-order valence-electron chi connectivity index (χ2n) is 2.83. The Kier molecular flexibility index (Phi) is 3.33. The van der Waals surface area contributed by atoms with E-state index in [1.165, 1.54) is 6.07 Å². The second kappa shape index (κ2) is 4.33. The van der Waals surface area contributed by atoms with Crippen LogP contribution >= 0.6 is 0 Å². The Labute approximate surface area is 84.5 Å². The number of aryl methyl sites for hydroxylation is 1. The highest BCUT2D eigenvalue weighted by atomic mass is 19.4. The molecule has 1 rings (SSSR count). The molecule has 0 saturated carbocycles. The first kappa shape index (κ1) is 11.5. The van der Waals surface area contributed by atoms with Gasteiger partial charge in [0.2, 0.25) is 11.8 Å². The molecular formula is C8H10F3N3O. The number of nitrogens with one attached hydrogen (secondary N) is 1. The van der Waals surface area contributed by atoms with Crippen LogP contribution in [-0.4, -0.2) is 29.8 Å². The normalized spacial score (nSPS) is 11.3. The van der Waals surface area contributed by atoms with E-state index in [1.54, 1.807) is 14.0 Å². The van der Waals surface area contributed by atoms with Crippen molar-refractivity contribution in [2.45, 2.75) is 13.1 Å². The van der Waals surface area contributed by atoms with Crippen molar-refractivity contribution in [3.63, 3.8) is 0 Å². The second-order valence-corrected chi connectivity index (χ2v) is 2.83. The summed E-state index contributed by atoms with van der Waals surface area (Å²) in [6.07, 6.45) is -4.36. The van der Waals surface area contributed by atoms with Crippen molar-refractivity contribution in [2.75, 3.05) is 19.0 Å². The minimum atomic E-state index is -4.36. The zero-order valence-electron chi connectivity index (χ0n) is 8.22. The van der Waals surface area contributed by atoms with Gasteiger partial charge in [-0.25, -0.2) is 4.98 Å². The third-order valence-electron chi connectivity index (χ3n) is 1.44. The molecule has 0 fully saturated rings. The number of alkyl halides is 3. The fourth-order valence-corrected chi connectivity index (χ4v) is 0.881. The van der Waals surface area contributed by atoms with Crippen LogP contribution in [-0.2, 0) is 0 Å². The number of halogens is 3. The van der Waals surface area contributed by atoms with Crippen LogP contribution in [0.1, 0.15) is 5.69 Å². The van der Waals surface area contributed by atoms with Gasteiger partial charge in [0.05, 0.1) is 0 Å². The summed E-state index contributed by atoms with van der Waals surface area (Å²) in [5, 5.41) is 2.62. The summed E-state index contributed by atoms with van der Waals surface area (Å²) in [5.74, 6) is 0.136. The number of aromatic nitrogens is 2. The van der Waals surface area contributed by atoms with Gasteiger partial charge in [-0.2, -0.15) is 18.2 Å². The first-order chi connectivity index (χ1) is 6.90. The Hall–Kier alpha value is -1.53. The van der Waals surface area contributed by atoms with Gasteiger partial charge in [0.15, 0.2) is 6.61 Å². The maximum absolute atomic E-state index is 11.8. The third kappa shape index (κ3) is 4.01. The Morgan fingerprint density at radius 3 is 2.60 bits per heavy atom. The molecule has 1 aromatic heterocycles. The van der Waals surface area contributed by atoms with E-state index in [9.17, 15) is 13.2 Å². The molecule has 1 aromatic rings. The first-order valence-corrected chi connectivity index (χ1v) is 4.14. The molecule has 0 radical (unpaired) electrons. The molecule has 0 atom stereocenters. The maximum Gasteiger partial charge on any atom is 0.422 e. The van der Waals surface area contributed by atoms with Crippen molar-refractivity contribution in [1.29, 1.82) is 0 Å². The lowest BCUT2D eigenvalue weighted by molar-refractivity contribution is -0.154. The highest BCUT2D eigenvalue weighted by Crippen LogP contribution is 2.18. The minimum absolute atomic E-state index is 0.0934. The molecule has 0 aliphatic heterocycles. The SMILES string of the molecule is CNc1nc(C)cc(OCC(F)(F)F)n1. The summed E-state index contributed by atoms with van der Waals surface area (Å²) in [4.78, 5) is 7.62. The summed E-state index contributed by atoms with van der Waals surface area (Å²) < 4.78 is 40.0. The van der Waals surface area contributed by atoms with Crippen LogP contribution < -0.4 is 10.1 Å². The molecule has 0 bridgehead atoms. The monoisotopic (exact) mass is 221 g/mol. The van der Waals surface area contributed by atoms with Crippen molar-refractivity contribution < 1.29 is 17.9 Å². The molecule has 7 heteroatoms. The van der Waals surface area contributed by atoms with Crippen LogP contribution in [0.4, 0.5) is 19.1 Å². The van der Waals surface area contributed by atoms with Gasteiger partial charge < -0.3 is 10.1 Å². The van der Waals surface area contributed by atoms with E-state index >= 15 is 0 Å². The summed E-state index contributed by atoms with van der Waals surface area (Å²) in [5.41, 5.74) is 0.534. The molecule has 84 valence electrons. The van der Waals surface area contributed by atoms with Crippen molar-refractivity contribution in [2.24, 2.45) is 0 Å². The number of anilines is 1. The standard InChI is InChI=1S/C8H10F3N3O/c1-5-3-6(14-7(12-2)13-5)15-4-8(9,10)11/h3H,4H2,1-2H3,(H,12,13,14). The molecule has 0 aromatic carbocycles. The molecule has 15 heavy (non-hydrogen) atoms. The van der Waals surface area contributed by atoms with Crippen LogP contribution in [0, 0.1) is 6.92 Å². The lowest BCUT2D eigenvalue weighted by Crippen LogP contribution is -2.20. The molecular weight excluding hydrogens is 211 g/mol. The van der Waals surface area contributed by atoms with Gasteiger partial charge in [0, 0.05) is 18.8 Å². The Morgan fingerprint density at radius 2 is 2.07 bits per heavy atom. The lowest BCUT2D eigenvalue weighted by atomic mass is 10.4. The largest absolute Gasteiger partial charge is 0.468 e. The number of ether oxygens (including phenoxy) is 1. The predicted octanol–water partition coefficient (Wildman–Crippen LogP) is 1.77. The van der Waals surface area contributed by atoms with Gasteiger partial charge >= 0.3 is 6.18 Å². The van der Waals surface area contributed by atoms with Gasteiger partial charge in [-0.3, -0.25) is 0 Å². The van der Waals surface area contributed by atoms with E-state index in [0.717, 1.165) is 0 Å². The molecule has 1 N–H and O–H groups in total. The van der Waals surface area contributed by atoms with E-state index in [0.29, 0.717) is 5.69 Å². The van der Waals surface area contributed by atoms with E-state index in [1.807, 2.05) is 0 Å². The molecule has 1 heterocycles. The van der Waals surface area contributed by atoms with E-state index in [-0.39, 0.29) is 11.8 Å². The van der Waals surface area contributed by atoms with Crippen molar-refractivity contribution in [3.8, 4) is 5.88 Å². The summed E-state index contributed by atoms with van der Waals surface area (Å²) in [7, 11) is 1.57. The fraction of sp³-hybridized carbons (Fsp3) is 0.500. The average molecular weight is 221 g/mol. The van der Waals surface area contributed by atoms with Crippen LogP contribution in [0.25, 0.3) is 0 Å². The quantitative estimate of drug-likeness (QED) is 0.844. The summed E-state index contributed by atoms with van der Waals surface area (Å²) in [6, 6.07) is 1.34. The first-order valence-electron chi connectivity index (χ1n) is 4.14. The van der Waals surface area contributed by atoms with Crippen molar-refractivity contribution in [3.05, 3.63) is 11.8 Å². The molecule has 4 nitrogen and oxygen atoms in total. The number of hydrogen-bond acceptors (Lipinski definition) is 4. The maximum atomic E-state index is 11.8. The highest BCUT2D eigenvalue weighted by Gasteiger charge is 2.28. The van der Waals surface area contributed by atoms with Crippen LogP contribution in [0.3, 0.4) is 0 Å². The van der Waals surface area contributed by atoms with Crippen LogP contribution in [0.5, 0.6) is 5.88 Å². The minimum Gasteiger partial charge on any atom is -0.468 e. The van der Waals surface area contributed by atoms with Crippen molar-refractivity contribution >= 4 is 5.95 Å². The third-order valence-corrected chi connectivity index (χ3v) is 1.44. The number of hydrogen-bond donors (Lipinski definition) is 1. The molecule has 0 saturated heterocycles. The average Bonchev–Trinajstić information content (AvgIpc) is 2.13. The highest BCUT2D eigenvalue weighted by molar-refractivity contribution is 5.29. The predicted molar refractivity (Wildman–Crippen MR) is 47.9 cm³/mol. The van der Waals surface area contributed by atoms with Gasteiger partial charge in [0.25, 0.3) is 0 Å². The fourth-order valence-electron chi connectivity index (χ4n) is 0.881. The van der Waals surface area contributed by atoms with Gasteiger partial charge in [-0.05, 0) is 6.92 Å². The van der Waals surface area contributed by atoms with Crippen molar-refractivity contribution in [1.82, 2.24) is 9.97 Å². The topological polar surface area (TPSA) is 47.0 Å². The van der Waals surface area contributed by atoms with E-state index < -0.39 is 12.8 Å². The van der Waals surface area contributed by atoms with Gasteiger partial charge in [-0.15, -0.1) is 0 Å². The number of rotatable bonds is 3. The lowest BCUT2D eigenvalue weighted by Gasteiger charge is -2.09. The van der Waals surface area contributed by atoms with E-state index in [2.05, 4.69) is 20.0 Å². The summed E-state index contributed by atoms with van der Waals surface area (Å²) in [6.45, 7) is 0.287. The zero-order chi connectivity index (χ0) is 11.5. The number of nitrogens with zero attached hydrogens (tertiary/aromatic N) is 2. The Morgan fingerprint density at radius 1 is 1.40 bits per heavy atom. The molecule has 0 aliphatic carbocycles. The Bertz CT molecular complexity index is 340. The smallest absolute Gasteiger partial charge is 0.422 e. The van der Waals surface area contributed by atoms with E-state index in [4.69, 9.17) is 0 Å². The molecule has 0 unspecified atom stereocenters. The van der Waals surface area contributed by atoms with Crippen LogP contribution in [0.15, 0.2) is 6.07 Å². The molecule has 0 aliphatic rings. The Balaban J connectivity index is 2.73.